The van der Waals surface area contributed by atoms with Crippen molar-refractivity contribution in [3.05, 3.63) is 0 Å². The van der Waals surface area contributed by atoms with Gasteiger partial charge in [-0.2, -0.15) is 0 Å². The zero-order chi connectivity index (χ0) is 10.6. The van der Waals surface area contributed by atoms with Crippen LogP contribution < -0.4 is 0 Å². The molecule has 1 saturated carbocycles. The molecule has 0 aromatic carbocycles. The largest absolute Gasteiger partial charge is 0.393 e. The average molecular weight is 201 g/mol. The molecule has 1 aliphatic rings. The highest BCUT2D eigenvalue weighted by atomic mass is 16.5. The SMILES string of the molecule is COCCC(C)N(C)CC1CC(O)C1. The van der Waals surface area contributed by atoms with Gasteiger partial charge < -0.3 is 14.7 Å². The number of aliphatic hydroxyl groups excluding tert-OH is 1. The van der Waals surface area contributed by atoms with Crippen LogP contribution in [0.2, 0.25) is 0 Å². The highest BCUT2D eigenvalue weighted by Crippen LogP contribution is 2.28. The first-order chi connectivity index (χ1) is 6.63. The fourth-order valence-electron chi connectivity index (χ4n) is 1.95. The minimum absolute atomic E-state index is 0.0253. The molecule has 3 nitrogen and oxygen atoms in total. The van der Waals surface area contributed by atoms with E-state index in [2.05, 4.69) is 18.9 Å². The Kier molecular flexibility index (Phi) is 4.85. The number of rotatable bonds is 6. The minimum Gasteiger partial charge on any atom is -0.393 e. The monoisotopic (exact) mass is 201 g/mol. The number of nitrogens with zero attached hydrogens (tertiary/aromatic N) is 1. The van der Waals surface area contributed by atoms with Crippen LogP contribution in [0.4, 0.5) is 0 Å². The lowest BCUT2D eigenvalue weighted by Crippen LogP contribution is -2.40. The van der Waals surface area contributed by atoms with E-state index < -0.39 is 0 Å². The molecular weight excluding hydrogens is 178 g/mol. The Labute approximate surface area is 87.1 Å². The van der Waals surface area contributed by atoms with Crippen LogP contribution in [0.3, 0.4) is 0 Å². The molecule has 1 fully saturated rings. The highest BCUT2D eigenvalue weighted by Gasteiger charge is 2.28. The molecule has 1 rings (SSSR count). The van der Waals surface area contributed by atoms with Crippen LogP contribution in [0.1, 0.15) is 26.2 Å². The van der Waals surface area contributed by atoms with Gasteiger partial charge in [-0.05, 0) is 39.2 Å². The quantitative estimate of drug-likeness (QED) is 0.699. The normalized spacial score (nSPS) is 28.9. The number of methoxy groups -OCH3 is 1. The minimum atomic E-state index is -0.0253. The summed E-state index contributed by atoms with van der Waals surface area (Å²) in [5.41, 5.74) is 0. The lowest BCUT2D eigenvalue weighted by molar-refractivity contribution is 0.0208. The van der Waals surface area contributed by atoms with Crippen molar-refractivity contribution >= 4 is 0 Å². The van der Waals surface area contributed by atoms with E-state index in [1.807, 2.05) is 0 Å². The van der Waals surface area contributed by atoms with Crippen LogP contribution in [0, 0.1) is 5.92 Å². The van der Waals surface area contributed by atoms with Crippen molar-refractivity contribution in [3.63, 3.8) is 0 Å². The van der Waals surface area contributed by atoms with Gasteiger partial charge in [0.25, 0.3) is 0 Å². The van der Waals surface area contributed by atoms with Crippen LogP contribution in [0.5, 0.6) is 0 Å². The Bertz CT molecular complexity index is 157. The Hall–Kier alpha value is -0.120. The van der Waals surface area contributed by atoms with Gasteiger partial charge in [0, 0.05) is 26.3 Å². The molecule has 84 valence electrons. The van der Waals surface area contributed by atoms with E-state index in [1.165, 1.54) is 0 Å². The molecule has 0 radical (unpaired) electrons. The summed E-state index contributed by atoms with van der Waals surface area (Å²) in [6, 6.07) is 0.577. The summed E-state index contributed by atoms with van der Waals surface area (Å²) < 4.78 is 5.06. The first-order valence-corrected chi connectivity index (χ1v) is 5.50. The third-order valence-corrected chi connectivity index (χ3v) is 3.25. The van der Waals surface area contributed by atoms with Gasteiger partial charge in [-0.1, -0.05) is 0 Å². The molecule has 0 amide bonds. The smallest absolute Gasteiger partial charge is 0.0546 e. The first kappa shape index (κ1) is 12.0. The van der Waals surface area contributed by atoms with Crippen LogP contribution >= 0.6 is 0 Å². The topological polar surface area (TPSA) is 32.7 Å². The molecule has 0 saturated heterocycles. The summed E-state index contributed by atoms with van der Waals surface area (Å²) >= 11 is 0. The van der Waals surface area contributed by atoms with E-state index in [1.54, 1.807) is 7.11 Å². The van der Waals surface area contributed by atoms with Gasteiger partial charge in [0.1, 0.15) is 0 Å². The van der Waals surface area contributed by atoms with E-state index >= 15 is 0 Å². The predicted molar refractivity (Wildman–Crippen MR) is 57.3 cm³/mol. The van der Waals surface area contributed by atoms with Crippen molar-refractivity contribution in [2.75, 3.05) is 27.3 Å². The van der Waals surface area contributed by atoms with E-state index in [4.69, 9.17) is 4.74 Å². The van der Waals surface area contributed by atoms with Crippen molar-refractivity contribution in [1.82, 2.24) is 4.90 Å². The van der Waals surface area contributed by atoms with Crippen molar-refractivity contribution in [1.29, 1.82) is 0 Å². The molecule has 0 heterocycles. The Morgan fingerprint density at radius 3 is 2.64 bits per heavy atom. The maximum Gasteiger partial charge on any atom is 0.0546 e. The Balaban J connectivity index is 2.10. The first-order valence-electron chi connectivity index (χ1n) is 5.50. The molecule has 0 aromatic heterocycles. The second-order valence-electron chi connectivity index (χ2n) is 4.56. The molecular formula is C11H23NO2. The molecule has 0 aliphatic heterocycles. The second kappa shape index (κ2) is 5.69. The maximum atomic E-state index is 9.17. The van der Waals surface area contributed by atoms with Gasteiger partial charge in [0.15, 0.2) is 0 Å². The van der Waals surface area contributed by atoms with Gasteiger partial charge in [0.05, 0.1) is 6.10 Å². The molecule has 14 heavy (non-hydrogen) atoms. The standard InChI is InChI=1S/C11H23NO2/c1-9(4-5-14-3)12(2)8-10-6-11(13)7-10/h9-11,13H,4-8H2,1-3H3. The lowest BCUT2D eigenvalue weighted by Gasteiger charge is -2.36. The number of hydrogen-bond donors (Lipinski definition) is 1. The van der Waals surface area contributed by atoms with E-state index in [0.29, 0.717) is 12.0 Å². The van der Waals surface area contributed by atoms with Crippen LogP contribution in [-0.2, 0) is 4.74 Å². The third-order valence-electron chi connectivity index (χ3n) is 3.25. The summed E-state index contributed by atoms with van der Waals surface area (Å²) in [7, 11) is 3.90. The molecule has 1 unspecified atom stereocenters. The summed E-state index contributed by atoms with van der Waals surface area (Å²) in [5.74, 6) is 0.708. The molecule has 0 bridgehead atoms. The van der Waals surface area contributed by atoms with Gasteiger partial charge in [-0.25, -0.2) is 0 Å². The van der Waals surface area contributed by atoms with E-state index in [9.17, 15) is 5.11 Å². The Morgan fingerprint density at radius 2 is 2.14 bits per heavy atom. The second-order valence-corrected chi connectivity index (χ2v) is 4.56. The maximum absolute atomic E-state index is 9.17. The lowest BCUT2D eigenvalue weighted by atomic mass is 9.82. The molecule has 1 atom stereocenters. The number of hydrogen-bond acceptors (Lipinski definition) is 3. The molecule has 3 heteroatoms. The molecule has 0 spiro atoms. The fourth-order valence-corrected chi connectivity index (χ4v) is 1.95. The predicted octanol–water partition coefficient (Wildman–Crippen LogP) is 1.11. The van der Waals surface area contributed by atoms with Crippen molar-refractivity contribution < 1.29 is 9.84 Å². The molecule has 1 N–H and O–H groups in total. The summed E-state index contributed by atoms with van der Waals surface area (Å²) in [5, 5.41) is 9.17. The van der Waals surface area contributed by atoms with E-state index in [0.717, 1.165) is 32.4 Å². The number of ether oxygens (including phenoxy) is 1. The summed E-state index contributed by atoms with van der Waals surface area (Å²) in [6.07, 6.45) is 3.04. The van der Waals surface area contributed by atoms with Gasteiger partial charge in [-0.3, -0.25) is 0 Å². The number of aliphatic hydroxyl groups is 1. The van der Waals surface area contributed by atoms with Crippen molar-refractivity contribution in [3.8, 4) is 0 Å². The third kappa shape index (κ3) is 3.56. The summed E-state index contributed by atoms with van der Waals surface area (Å²) in [4.78, 5) is 2.37. The van der Waals surface area contributed by atoms with Crippen LogP contribution in [0.15, 0.2) is 0 Å². The van der Waals surface area contributed by atoms with Gasteiger partial charge in [-0.15, -0.1) is 0 Å². The average Bonchev–Trinajstić information content (AvgIpc) is 2.11. The van der Waals surface area contributed by atoms with Gasteiger partial charge in [0.2, 0.25) is 0 Å². The Morgan fingerprint density at radius 1 is 1.50 bits per heavy atom. The van der Waals surface area contributed by atoms with Crippen LogP contribution in [0.25, 0.3) is 0 Å². The summed E-state index contributed by atoms with van der Waals surface area (Å²) in [6.45, 7) is 4.18. The van der Waals surface area contributed by atoms with Gasteiger partial charge >= 0.3 is 0 Å². The van der Waals surface area contributed by atoms with Crippen molar-refractivity contribution in [2.24, 2.45) is 5.92 Å². The molecule has 0 aromatic rings. The fraction of sp³-hybridized carbons (Fsp3) is 1.00. The zero-order valence-corrected chi connectivity index (χ0v) is 9.57. The highest BCUT2D eigenvalue weighted by molar-refractivity contribution is 4.81. The zero-order valence-electron chi connectivity index (χ0n) is 9.57. The molecule has 1 aliphatic carbocycles. The van der Waals surface area contributed by atoms with Crippen molar-refractivity contribution in [2.45, 2.75) is 38.3 Å². The van der Waals surface area contributed by atoms with E-state index in [-0.39, 0.29) is 6.10 Å². The van der Waals surface area contributed by atoms with Crippen LogP contribution in [-0.4, -0.2) is 49.5 Å².